The molecule has 0 aliphatic heterocycles. The molecule has 0 saturated heterocycles. The molecule has 82 valence electrons. The Labute approximate surface area is 87.3 Å². The van der Waals surface area contributed by atoms with E-state index in [1.165, 1.54) is 19.5 Å². The number of hydrogen-bond acceptors (Lipinski definition) is 6. The van der Waals surface area contributed by atoms with Crippen LogP contribution in [-0.2, 0) is 4.74 Å². The van der Waals surface area contributed by atoms with Gasteiger partial charge in [-0.05, 0) is 6.42 Å². The lowest BCUT2D eigenvalue weighted by Crippen LogP contribution is -2.10. The number of rotatable bonds is 5. The van der Waals surface area contributed by atoms with Gasteiger partial charge in [0, 0.05) is 13.2 Å². The number of aromatic nitrogens is 2. The molecule has 0 aliphatic rings. The molecule has 0 radical (unpaired) electrons. The van der Waals surface area contributed by atoms with Crippen LogP contribution in [0.5, 0.6) is 0 Å². The van der Waals surface area contributed by atoms with Crippen molar-refractivity contribution in [2.24, 2.45) is 0 Å². The minimum absolute atomic E-state index is 0.108. The van der Waals surface area contributed by atoms with E-state index in [4.69, 9.17) is 5.11 Å². The third kappa shape index (κ3) is 3.51. The summed E-state index contributed by atoms with van der Waals surface area (Å²) in [7, 11) is 1.29. The monoisotopic (exact) mass is 211 g/mol. The topological polar surface area (TPSA) is 84.3 Å². The number of methoxy groups -OCH3 is 1. The molecule has 0 aromatic carbocycles. The average Bonchev–Trinajstić information content (AvgIpc) is 2.29. The fraction of sp³-hybridized carbons (Fsp3) is 0.444. The van der Waals surface area contributed by atoms with Crippen LogP contribution in [0.2, 0.25) is 0 Å². The lowest BCUT2D eigenvalue weighted by Gasteiger charge is -2.04. The Morgan fingerprint density at radius 3 is 3.07 bits per heavy atom. The van der Waals surface area contributed by atoms with Gasteiger partial charge in [-0.2, -0.15) is 0 Å². The van der Waals surface area contributed by atoms with Crippen molar-refractivity contribution < 1.29 is 14.6 Å². The first-order valence-electron chi connectivity index (χ1n) is 4.53. The second-order valence-corrected chi connectivity index (χ2v) is 2.79. The van der Waals surface area contributed by atoms with Crippen LogP contribution in [0.1, 0.15) is 16.9 Å². The van der Waals surface area contributed by atoms with Gasteiger partial charge in [0.25, 0.3) is 0 Å². The van der Waals surface area contributed by atoms with E-state index in [0.717, 1.165) is 0 Å². The highest BCUT2D eigenvalue weighted by molar-refractivity contribution is 5.87. The van der Waals surface area contributed by atoms with E-state index in [9.17, 15) is 4.79 Å². The van der Waals surface area contributed by atoms with Crippen molar-refractivity contribution in [3.8, 4) is 0 Å². The first-order chi connectivity index (χ1) is 7.27. The van der Waals surface area contributed by atoms with Gasteiger partial charge in [-0.15, -0.1) is 0 Å². The standard InChI is InChI=1S/C9H13N3O3/c1-15-9(14)7-5-10-6-8(12-7)11-3-2-4-13/h5-6,13H,2-4H2,1H3,(H,11,12). The molecular formula is C9H13N3O3. The molecular weight excluding hydrogens is 198 g/mol. The number of carbonyl (C=O) groups excluding carboxylic acids is 1. The van der Waals surface area contributed by atoms with Crippen LogP contribution >= 0.6 is 0 Å². The second-order valence-electron chi connectivity index (χ2n) is 2.79. The predicted octanol–water partition coefficient (Wildman–Crippen LogP) is 0.0575. The number of aliphatic hydroxyl groups excluding tert-OH is 1. The number of carbonyl (C=O) groups is 1. The Hall–Kier alpha value is -1.69. The van der Waals surface area contributed by atoms with Crippen LogP contribution in [0, 0.1) is 0 Å². The number of esters is 1. The zero-order chi connectivity index (χ0) is 11.1. The molecule has 1 rings (SSSR count). The number of nitrogens with zero attached hydrogens (tertiary/aromatic N) is 2. The van der Waals surface area contributed by atoms with Gasteiger partial charge < -0.3 is 15.2 Å². The Morgan fingerprint density at radius 2 is 2.40 bits per heavy atom. The maximum atomic E-state index is 11.1. The summed E-state index contributed by atoms with van der Waals surface area (Å²) < 4.78 is 4.51. The molecule has 15 heavy (non-hydrogen) atoms. The van der Waals surface area contributed by atoms with Crippen LogP contribution in [0.15, 0.2) is 12.4 Å². The minimum atomic E-state index is -0.520. The molecule has 0 unspecified atom stereocenters. The molecule has 0 bridgehead atoms. The Balaban J connectivity index is 2.62. The van der Waals surface area contributed by atoms with E-state index in [1.807, 2.05) is 0 Å². The predicted molar refractivity (Wildman–Crippen MR) is 53.6 cm³/mol. The van der Waals surface area contributed by atoms with Crippen molar-refractivity contribution in [3.63, 3.8) is 0 Å². The Kier molecular flexibility index (Phi) is 4.49. The highest BCUT2D eigenvalue weighted by Crippen LogP contribution is 2.03. The SMILES string of the molecule is COC(=O)c1cncc(NCCCO)n1. The lowest BCUT2D eigenvalue weighted by atomic mass is 10.4. The van der Waals surface area contributed by atoms with Gasteiger partial charge in [0.1, 0.15) is 5.82 Å². The molecule has 1 heterocycles. The van der Waals surface area contributed by atoms with Crippen LogP contribution in [0.3, 0.4) is 0 Å². The summed E-state index contributed by atoms with van der Waals surface area (Å²) in [5.74, 6) is -0.0281. The van der Waals surface area contributed by atoms with E-state index in [-0.39, 0.29) is 12.3 Å². The van der Waals surface area contributed by atoms with E-state index in [2.05, 4.69) is 20.0 Å². The highest BCUT2D eigenvalue weighted by Gasteiger charge is 2.07. The second kappa shape index (κ2) is 5.92. The van der Waals surface area contributed by atoms with Gasteiger partial charge >= 0.3 is 5.97 Å². The summed E-state index contributed by atoms with van der Waals surface area (Å²) in [6.45, 7) is 0.687. The van der Waals surface area contributed by atoms with Crippen molar-refractivity contribution in [1.82, 2.24) is 9.97 Å². The van der Waals surface area contributed by atoms with E-state index in [0.29, 0.717) is 18.8 Å². The maximum absolute atomic E-state index is 11.1. The third-order valence-corrected chi connectivity index (χ3v) is 1.67. The molecule has 0 amide bonds. The fourth-order valence-corrected chi connectivity index (χ4v) is 0.950. The summed E-state index contributed by atoms with van der Waals surface area (Å²) in [6, 6.07) is 0. The molecule has 2 N–H and O–H groups in total. The molecule has 6 nitrogen and oxygen atoms in total. The van der Waals surface area contributed by atoms with Crippen molar-refractivity contribution in [3.05, 3.63) is 18.1 Å². The fourth-order valence-electron chi connectivity index (χ4n) is 0.950. The van der Waals surface area contributed by atoms with Crippen molar-refractivity contribution in [2.75, 3.05) is 25.6 Å². The average molecular weight is 211 g/mol. The molecule has 0 fully saturated rings. The quantitative estimate of drug-likeness (QED) is 0.529. The molecule has 0 spiro atoms. The van der Waals surface area contributed by atoms with Crippen molar-refractivity contribution in [1.29, 1.82) is 0 Å². The first-order valence-corrected chi connectivity index (χ1v) is 4.53. The Morgan fingerprint density at radius 1 is 1.60 bits per heavy atom. The number of nitrogens with one attached hydrogen (secondary N) is 1. The molecule has 0 saturated carbocycles. The van der Waals surface area contributed by atoms with Gasteiger partial charge in [0.2, 0.25) is 0 Å². The number of anilines is 1. The Bertz CT molecular complexity index is 330. The molecule has 0 atom stereocenters. The van der Waals surface area contributed by atoms with Gasteiger partial charge in [0.05, 0.1) is 19.5 Å². The third-order valence-electron chi connectivity index (χ3n) is 1.67. The molecule has 6 heteroatoms. The largest absolute Gasteiger partial charge is 0.464 e. The number of ether oxygens (including phenoxy) is 1. The normalized spacial score (nSPS) is 9.73. The van der Waals surface area contributed by atoms with Gasteiger partial charge in [-0.25, -0.2) is 9.78 Å². The van der Waals surface area contributed by atoms with Gasteiger partial charge in [-0.3, -0.25) is 4.98 Å². The summed E-state index contributed by atoms with van der Waals surface area (Å²) in [5, 5.41) is 11.5. The number of aliphatic hydroxyl groups is 1. The van der Waals surface area contributed by atoms with Crippen molar-refractivity contribution in [2.45, 2.75) is 6.42 Å². The van der Waals surface area contributed by atoms with Crippen LogP contribution in [-0.4, -0.2) is 41.3 Å². The summed E-state index contributed by atoms with van der Waals surface area (Å²) >= 11 is 0. The van der Waals surface area contributed by atoms with Gasteiger partial charge in [0.15, 0.2) is 5.69 Å². The van der Waals surface area contributed by atoms with Crippen LogP contribution in [0.4, 0.5) is 5.82 Å². The first kappa shape index (κ1) is 11.4. The van der Waals surface area contributed by atoms with Crippen LogP contribution < -0.4 is 5.32 Å². The zero-order valence-corrected chi connectivity index (χ0v) is 8.43. The highest BCUT2D eigenvalue weighted by atomic mass is 16.5. The lowest BCUT2D eigenvalue weighted by molar-refractivity contribution is 0.0593. The maximum Gasteiger partial charge on any atom is 0.358 e. The van der Waals surface area contributed by atoms with E-state index >= 15 is 0 Å². The van der Waals surface area contributed by atoms with Crippen molar-refractivity contribution >= 4 is 11.8 Å². The van der Waals surface area contributed by atoms with E-state index < -0.39 is 5.97 Å². The minimum Gasteiger partial charge on any atom is -0.464 e. The smallest absolute Gasteiger partial charge is 0.358 e. The summed E-state index contributed by atoms with van der Waals surface area (Å²) in [4.78, 5) is 18.9. The molecule has 1 aromatic rings. The van der Waals surface area contributed by atoms with Gasteiger partial charge in [-0.1, -0.05) is 0 Å². The molecule has 1 aromatic heterocycles. The number of hydrogen-bond donors (Lipinski definition) is 2. The zero-order valence-electron chi connectivity index (χ0n) is 8.43. The summed E-state index contributed by atoms with van der Waals surface area (Å²) in [5.41, 5.74) is 0.159. The van der Waals surface area contributed by atoms with Crippen LogP contribution in [0.25, 0.3) is 0 Å². The van der Waals surface area contributed by atoms with E-state index in [1.54, 1.807) is 0 Å². The molecule has 0 aliphatic carbocycles. The summed E-state index contributed by atoms with van der Waals surface area (Å²) in [6.07, 6.45) is 3.46.